The Hall–Kier alpha value is -2.33. The molecule has 0 bridgehead atoms. The summed E-state index contributed by atoms with van der Waals surface area (Å²) in [5, 5.41) is 309. The van der Waals surface area contributed by atoms with Gasteiger partial charge in [0.05, 0.1) is 59.5 Å². The van der Waals surface area contributed by atoms with E-state index in [1.54, 1.807) is 0 Å². The van der Waals surface area contributed by atoms with Crippen molar-refractivity contribution in [2.75, 3.05) is 59.5 Å². The van der Waals surface area contributed by atoms with Crippen LogP contribution in [0.5, 0.6) is 0 Å². The van der Waals surface area contributed by atoms with Crippen molar-refractivity contribution < 1.29 is 228 Å². The SMILES string of the molecule is CC(=O)N[C@@H]1[C@@H](O)[C@H](O[C@@H]2O[C@H](CO[C@H]3O[C@H](CO[C@H]4O[C@H](CO)[C@@H](O)[C@H](O)[C@@H]4O)[C@@H](O)[C@H](O[C@H]4O[C@H](CO)[C@@H](O)[C@@H](O)[C@@H]4O[C@H]4O[C@H](CO)[C@@H](O)[C@H](O)[C@@H]4O)[C@@H]3O)[C@@H](O)[C@H](O[C@H]3O[C@H](CO)[C@@H](O)[C@H](O)[C@@H]3O[C@H]3O[C@H](CO)[C@@H](O)[C@H](O)[C@@H]3O[C@H]3O[C@H](CO)[C@@H](O)[C@H](O)[C@@H]3O)[C@@H]2O)[C@@H](CO)O[C@@H]1O. The van der Waals surface area contributed by atoms with Crippen LogP contribution in [-0.2, 0) is 85.3 Å². The Kier molecular flexibility index (Phi) is 30.2. The minimum atomic E-state index is -2.52. The van der Waals surface area contributed by atoms with Crippen LogP contribution in [0.1, 0.15) is 6.92 Å². The summed E-state index contributed by atoms with van der Waals surface area (Å²) in [6.07, 6.45) is -93.7. The molecule has 0 aromatic carbocycles. The molecule has 47 nitrogen and oxygen atoms in total. The van der Waals surface area contributed by atoms with E-state index in [-0.39, 0.29) is 0 Å². The first kappa shape index (κ1) is 84.7. The fourth-order valence-electron chi connectivity index (χ4n) is 13.1. The normalized spacial score (nSPS) is 52.4. The first-order valence-electron chi connectivity index (χ1n) is 32.7. The predicted molar refractivity (Wildman–Crippen MR) is 309 cm³/mol. The molecule has 0 aliphatic carbocycles. The molecule has 0 aromatic heterocycles. The smallest absolute Gasteiger partial charge is 0.217 e. The number of aliphatic hydroxyl groups excluding tert-OH is 28. The molecule has 0 radical (unpaired) electrons. The maximum absolute atomic E-state index is 12.4. The van der Waals surface area contributed by atoms with Gasteiger partial charge in [0.15, 0.2) is 56.6 Å². The van der Waals surface area contributed by atoms with Gasteiger partial charge in [-0.3, -0.25) is 4.79 Å². The lowest BCUT2D eigenvalue weighted by Crippen LogP contribution is -2.69. The molecule has 29 N–H and O–H groups in total. The van der Waals surface area contributed by atoms with Gasteiger partial charge in [-0.05, 0) is 0 Å². The molecule has 0 unspecified atom stereocenters. The van der Waals surface area contributed by atoms with Gasteiger partial charge in [-0.1, -0.05) is 0 Å². The molecule has 0 saturated carbocycles. The third kappa shape index (κ3) is 18.0. The molecule has 45 atom stereocenters. The second-order valence-corrected chi connectivity index (χ2v) is 26.0. The maximum atomic E-state index is 12.4. The van der Waals surface area contributed by atoms with Gasteiger partial charge in [-0.25, -0.2) is 0 Å². The van der Waals surface area contributed by atoms with E-state index in [1.165, 1.54) is 0 Å². The molecule has 9 heterocycles. The van der Waals surface area contributed by atoms with Gasteiger partial charge in [0, 0.05) is 6.92 Å². The molecule has 9 aliphatic heterocycles. The van der Waals surface area contributed by atoms with E-state index in [2.05, 4.69) is 5.32 Å². The second kappa shape index (κ2) is 36.7. The summed E-state index contributed by atoms with van der Waals surface area (Å²) in [6.45, 7) is -8.75. The van der Waals surface area contributed by atoms with Crippen LogP contribution in [-0.4, -0.2) is 485 Å². The number of nitrogens with one attached hydrogen (secondary N) is 1. The monoisotopic (exact) mass is 1520 g/mol. The summed E-state index contributed by atoms with van der Waals surface area (Å²) in [5.41, 5.74) is 0. The van der Waals surface area contributed by atoms with Crippen LogP contribution in [0.2, 0.25) is 0 Å². The summed E-state index contributed by atoms with van der Waals surface area (Å²) in [7, 11) is 0. The molecule has 9 aliphatic rings. The average Bonchev–Trinajstić information content (AvgIpc) is 0.767. The molecule has 9 rings (SSSR count). The average molecular weight is 1520 g/mol. The third-order valence-corrected chi connectivity index (χ3v) is 19.1. The molecular weight excluding hydrogens is 1420 g/mol. The Morgan fingerprint density at radius 3 is 0.854 bits per heavy atom. The van der Waals surface area contributed by atoms with Gasteiger partial charge in [0.1, 0.15) is 220 Å². The summed E-state index contributed by atoms with van der Waals surface area (Å²) in [5.74, 6) is -0.857. The standard InChI is InChI=1S/C56H95NO46/c1-11(65)57-21-30(74)42(18(8-64)89-48(21)86)98-53-41(85)44(100-55-47(36(80)27(71)16(6-62)94-55)103-56-46(35(79)26(70)17(7-63)95-56)102-52-39(83)33(77)24(68)14(4-60)92-52)29(73)20(97-53)10-88-50-40(84)43(28(72)19(96-50)9-87-49-37(81)31(75)22(66)12(2-58)90-49)99-54-45(34(78)25(69)15(5-61)93-54)101-51-38(82)32(76)23(67)13(3-59)91-51/h12-56,58-64,66-86H,2-10H2,1H3,(H,57,65)/t12-,13-,14-,15-,16-,17-,18-,19-,20-,21-,22-,23-,24-,25-,26-,27-,28-,29-,30-,31+,32+,33+,34-,35+,36+,37+,38+,39+,40+,41+,42-,43+,44+,45+,46+,47+,48+,49+,50+,51-,52-,53+,54-,55-,56-/m1/s1. The van der Waals surface area contributed by atoms with Gasteiger partial charge in [-0.15, -0.1) is 0 Å². The van der Waals surface area contributed by atoms with Crippen LogP contribution in [0, 0.1) is 0 Å². The van der Waals surface area contributed by atoms with E-state index in [4.69, 9.17) is 80.5 Å². The number of hydrogen-bond acceptors (Lipinski definition) is 46. The predicted octanol–water partition coefficient (Wildman–Crippen LogP) is -20.5. The topological polar surface area (TPSA) is 752 Å². The Balaban J connectivity index is 1.05. The highest BCUT2D eigenvalue weighted by Crippen LogP contribution is 2.40. The Labute approximate surface area is 581 Å². The molecule has 0 aromatic rings. The zero-order chi connectivity index (χ0) is 75.6. The molecule has 1 amide bonds. The lowest BCUT2D eigenvalue weighted by Gasteiger charge is -2.50. The Morgan fingerprint density at radius 1 is 0.252 bits per heavy atom. The first-order chi connectivity index (χ1) is 48.8. The molecule has 103 heavy (non-hydrogen) atoms. The molecule has 9 saturated heterocycles. The van der Waals surface area contributed by atoms with Gasteiger partial charge < -0.3 is 229 Å². The number of aliphatic hydroxyl groups is 28. The van der Waals surface area contributed by atoms with E-state index in [0.717, 1.165) is 6.92 Å². The van der Waals surface area contributed by atoms with Crippen LogP contribution < -0.4 is 5.32 Å². The minimum absolute atomic E-state index is 0.857. The van der Waals surface area contributed by atoms with Crippen molar-refractivity contribution in [3.63, 3.8) is 0 Å². The fraction of sp³-hybridized carbons (Fsp3) is 0.982. The van der Waals surface area contributed by atoms with Crippen LogP contribution in [0.15, 0.2) is 0 Å². The minimum Gasteiger partial charge on any atom is -0.394 e. The van der Waals surface area contributed by atoms with E-state index in [0.29, 0.717) is 0 Å². The third-order valence-electron chi connectivity index (χ3n) is 19.1. The second-order valence-electron chi connectivity index (χ2n) is 26.0. The van der Waals surface area contributed by atoms with Crippen LogP contribution in [0.25, 0.3) is 0 Å². The van der Waals surface area contributed by atoms with Crippen molar-refractivity contribution >= 4 is 5.91 Å². The number of hydrogen-bond donors (Lipinski definition) is 29. The summed E-state index contributed by atoms with van der Waals surface area (Å²) >= 11 is 0. The summed E-state index contributed by atoms with van der Waals surface area (Å²) in [4.78, 5) is 12.3. The van der Waals surface area contributed by atoms with Gasteiger partial charge in [0.25, 0.3) is 0 Å². The zero-order valence-corrected chi connectivity index (χ0v) is 54.2. The Bertz CT molecular complexity index is 2580. The van der Waals surface area contributed by atoms with E-state index in [9.17, 15) is 148 Å². The molecule has 0 spiro atoms. The van der Waals surface area contributed by atoms with Crippen molar-refractivity contribution in [1.29, 1.82) is 0 Å². The summed E-state index contributed by atoms with van der Waals surface area (Å²) in [6, 6.07) is -1.77. The number of amides is 1. The number of carbonyl (C=O) groups excluding carboxylic acids is 1. The number of rotatable bonds is 26. The molecule has 47 heteroatoms. The quantitative estimate of drug-likeness (QED) is 0.0382. The Morgan fingerprint density at radius 2 is 0.505 bits per heavy atom. The van der Waals surface area contributed by atoms with Crippen LogP contribution in [0.3, 0.4) is 0 Å². The number of carbonyl (C=O) groups is 1. The van der Waals surface area contributed by atoms with Crippen molar-refractivity contribution in [1.82, 2.24) is 5.32 Å². The summed E-state index contributed by atoms with van der Waals surface area (Å²) < 4.78 is 98.4. The highest BCUT2D eigenvalue weighted by Gasteiger charge is 2.60. The zero-order valence-electron chi connectivity index (χ0n) is 54.2. The van der Waals surface area contributed by atoms with Gasteiger partial charge in [-0.2, -0.15) is 0 Å². The van der Waals surface area contributed by atoms with Crippen molar-refractivity contribution in [3.05, 3.63) is 0 Å². The maximum Gasteiger partial charge on any atom is 0.217 e. The number of ether oxygens (including phenoxy) is 17. The largest absolute Gasteiger partial charge is 0.394 e. The molecular formula is C56H95NO46. The highest BCUT2D eigenvalue weighted by atomic mass is 16.8. The molecule has 9 fully saturated rings. The van der Waals surface area contributed by atoms with E-state index in [1.807, 2.05) is 0 Å². The van der Waals surface area contributed by atoms with Gasteiger partial charge in [0.2, 0.25) is 5.91 Å². The van der Waals surface area contributed by atoms with E-state index >= 15 is 0 Å². The van der Waals surface area contributed by atoms with Crippen molar-refractivity contribution in [2.45, 2.75) is 283 Å². The lowest BCUT2D eigenvalue weighted by atomic mass is 9.94. The highest BCUT2D eigenvalue weighted by molar-refractivity contribution is 5.73. The molecule has 600 valence electrons. The van der Waals surface area contributed by atoms with Gasteiger partial charge >= 0.3 is 0 Å². The lowest BCUT2D eigenvalue weighted by molar-refractivity contribution is -0.408. The van der Waals surface area contributed by atoms with E-state index < -0.39 is 342 Å². The van der Waals surface area contributed by atoms with Crippen molar-refractivity contribution in [2.24, 2.45) is 0 Å². The van der Waals surface area contributed by atoms with Crippen LogP contribution in [0.4, 0.5) is 0 Å². The first-order valence-corrected chi connectivity index (χ1v) is 32.7. The van der Waals surface area contributed by atoms with Crippen LogP contribution >= 0.6 is 0 Å². The fourth-order valence-corrected chi connectivity index (χ4v) is 13.1. The van der Waals surface area contributed by atoms with Crippen molar-refractivity contribution in [3.8, 4) is 0 Å².